The first-order valence-corrected chi connectivity index (χ1v) is 7.09. The van der Waals surface area contributed by atoms with Crippen molar-refractivity contribution in [3.8, 4) is 0 Å². The van der Waals surface area contributed by atoms with E-state index < -0.39 is 0 Å². The lowest BCUT2D eigenvalue weighted by Crippen LogP contribution is -2.55. The monoisotopic (exact) mass is 223 g/mol. The Kier molecular flexibility index (Phi) is 3.46. The smallest absolute Gasteiger partial charge is 0.0223 e. The highest BCUT2D eigenvalue weighted by molar-refractivity contribution is 4.86. The fourth-order valence-electron chi connectivity index (χ4n) is 3.34. The molecule has 16 heavy (non-hydrogen) atoms. The van der Waals surface area contributed by atoms with Gasteiger partial charge in [0.05, 0.1) is 0 Å². The number of piperidine rings is 1. The molecule has 3 nitrogen and oxygen atoms in total. The number of hydrogen-bond acceptors (Lipinski definition) is 3. The second-order valence-corrected chi connectivity index (χ2v) is 5.80. The third-order valence-corrected chi connectivity index (χ3v) is 4.64. The minimum atomic E-state index is 0.891. The molecular weight excluding hydrogens is 198 g/mol. The molecule has 1 unspecified atom stereocenters. The van der Waals surface area contributed by atoms with Gasteiger partial charge in [-0.25, -0.2) is 0 Å². The van der Waals surface area contributed by atoms with E-state index in [0.29, 0.717) is 0 Å². The summed E-state index contributed by atoms with van der Waals surface area (Å²) in [6, 6.07) is 0.891. The topological polar surface area (TPSA) is 18.5 Å². The van der Waals surface area contributed by atoms with Crippen molar-refractivity contribution in [1.29, 1.82) is 0 Å². The number of hydrogen-bond donors (Lipinski definition) is 1. The molecule has 1 N–H and O–H groups in total. The third kappa shape index (κ3) is 2.41. The van der Waals surface area contributed by atoms with Crippen LogP contribution in [0, 0.1) is 5.92 Å². The molecule has 0 aliphatic carbocycles. The molecule has 0 aromatic carbocycles. The number of nitrogens with one attached hydrogen (secondary N) is 1. The van der Waals surface area contributed by atoms with Gasteiger partial charge in [0.2, 0.25) is 0 Å². The molecule has 3 fully saturated rings. The van der Waals surface area contributed by atoms with E-state index in [1.165, 1.54) is 71.5 Å². The second-order valence-electron chi connectivity index (χ2n) is 5.80. The highest BCUT2D eigenvalue weighted by Crippen LogP contribution is 2.21. The van der Waals surface area contributed by atoms with Crippen LogP contribution in [0.25, 0.3) is 0 Å². The molecule has 0 aromatic heterocycles. The first-order chi connectivity index (χ1) is 7.92. The summed E-state index contributed by atoms with van der Waals surface area (Å²) in [4.78, 5) is 5.44. The Morgan fingerprint density at radius 3 is 2.81 bits per heavy atom. The van der Waals surface area contributed by atoms with Gasteiger partial charge in [0.15, 0.2) is 0 Å². The van der Waals surface area contributed by atoms with Crippen molar-refractivity contribution < 1.29 is 0 Å². The highest BCUT2D eigenvalue weighted by atomic mass is 15.3. The van der Waals surface area contributed by atoms with Gasteiger partial charge in [-0.3, -0.25) is 4.90 Å². The zero-order valence-electron chi connectivity index (χ0n) is 10.3. The average Bonchev–Trinajstić information content (AvgIpc) is 2.27. The predicted molar refractivity (Wildman–Crippen MR) is 66.6 cm³/mol. The van der Waals surface area contributed by atoms with Crippen molar-refractivity contribution in [2.75, 3.05) is 45.8 Å². The number of rotatable bonds is 3. The van der Waals surface area contributed by atoms with Crippen molar-refractivity contribution in [3.05, 3.63) is 0 Å². The summed E-state index contributed by atoms with van der Waals surface area (Å²) < 4.78 is 0. The number of piperazine rings is 1. The van der Waals surface area contributed by atoms with Crippen molar-refractivity contribution in [2.45, 2.75) is 31.7 Å². The molecule has 3 aliphatic heterocycles. The molecule has 0 amide bonds. The molecule has 3 heterocycles. The Hall–Kier alpha value is -0.120. The van der Waals surface area contributed by atoms with Crippen LogP contribution in [0.1, 0.15) is 25.7 Å². The maximum atomic E-state index is 3.37. The van der Waals surface area contributed by atoms with Crippen molar-refractivity contribution >= 4 is 0 Å². The van der Waals surface area contributed by atoms with Crippen LogP contribution < -0.4 is 5.32 Å². The largest absolute Gasteiger partial charge is 0.316 e. The molecule has 0 spiro atoms. The van der Waals surface area contributed by atoms with E-state index in [0.717, 1.165) is 12.0 Å². The first-order valence-electron chi connectivity index (χ1n) is 7.09. The number of fused-ring (bicyclic) bond motifs is 1. The summed E-state index contributed by atoms with van der Waals surface area (Å²) in [5.74, 6) is 0.976. The van der Waals surface area contributed by atoms with Gasteiger partial charge >= 0.3 is 0 Å². The summed E-state index contributed by atoms with van der Waals surface area (Å²) in [7, 11) is 0. The molecule has 92 valence electrons. The Balaban J connectivity index is 1.43. The fourth-order valence-corrected chi connectivity index (χ4v) is 3.34. The van der Waals surface area contributed by atoms with Crippen LogP contribution in [-0.2, 0) is 0 Å². The van der Waals surface area contributed by atoms with Gasteiger partial charge in [-0.2, -0.15) is 0 Å². The third-order valence-electron chi connectivity index (χ3n) is 4.64. The molecule has 0 saturated carbocycles. The molecule has 0 radical (unpaired) electrons. The van der Waals surface area contributed by atoms with Crippen LogP contribution in [0.4, 0.5) is 0 Å². The second kappa shape index (κ2) is 5.03. The average molecular weight is 223 g/mol. The van der Waals surface area contributed by atoms with Crippen LogP contribution in [0.3, 0.4) is 0 Å². The molecule has 3 heteroatoms. The standard InChI is InChI=1S/C13H25N3/c1-2-5-16-8-7-15(11-13(16)3-1)6-4-12-9-14-10-12/h12-14H,1-11H2. The van der Waals surface area contributed by atoms with Gasteiger partial charge in [-0.1, -0.05) is 6.42 Å². The Bertz CT molecular complexity index is 227. The van der Waals surface area contributed by atoms with Crippen molar-refractivity contribution in [3.63, 3.8) is 0 Å². The van der Waals surface area contributed by atoms with Gasteiger partial charge < -0.3 is 10.2 Å². The van der Waals surface area contributed by atoms with Crippen LogP contribution >= 0.6 is 0 Å². The molecule has 1 atom stereocenters. The predicted octanol–water partition coefficient (Wildman–Crippen LogP) is 0.766. The lowest BCUT2D eigenvalue weighted by Gasteiger charge is -2.44. The summed E-state index contributed by atoms with van der Waals surface area (Å²) >= 11 is 0. The van der Waals surface area contributed by atoms with E-state index in [4.69, 9.17) is 0 Å². The minimum Gasteiger partial charge on any atom is -0.316 e. The van der Waals surface area contributed by atoms with E-state index in [2.05, 4.69) is 15.1 Å². The zero-order valence-corrected chi connectivity index (χ0v) is 10.3. The van der Waals surface area contributed by atoms with Crippen molar-refractivity contribution in [1.82, 2.24) is 15.1 Å². The van der Waals surface area contributed by atoms with Crippen LogP contribution in [0.15, 0.2) is 0 Å². The summed E-state index contributed by atoms with van der Waals surface area (Å²) in [6.07, 6.45) is 5.76. The van der Waals surface area contributed by atoms with Crippen molar-refractivity contribution in [2.24, 2.45) is 5.92 Å². The molecule has 0 bridgehead atoms. The van der Waals surface area contributed by atoms with Gasteiger partial charge in [-0.15, -0.1) is 0 Å². The Morgan fingerprint density at radius 2 is 2.00 bits per heavy atom. The lowest BCUT2D eigenvalue weighted by atomic mass is 9.97. The zero-order chi connectivity index (χ0) is 10.8. The summed E-state index contributed by atoms with van der Waals surface area (Å²) in [5.41, 5.74) is 0. The van der Waals surface area contributed by atoms with Crippen LogP contribution in [0.2, 0.25) is 0 Å². The SMILES string of the molecule is C1CCN2CCN(CCC3CNC3)CC2C1. The van der Waals surface area contributed by atoms with E-state index in [1.807, 2.05) is 0 Å². The lowest BCUT2D eigenvalue weighted by molar-refractivity contribution is 0.0454. The quantitative estimate of drug-likeness (QED) is 0.762. The van der Waals surface area contributed by atoms with Gasteiger partial charge in [0.1, 0.15) is 0 Å². The number of nitrogens with zero attached hydrogens (tertiary/aromatic N) is 2. The molecule has 3 aliphatic rings. The molecular formula is C13H25N3. The first kappa shape index (κ1) is 11.0. The van der Waals surface area contributed by atoms with Gasteiger partial charge in [-0.05, 0) is 51.4 Å². The van der Waals surface area contributed by atoms with E-state index in [1.54, 1.807) is 0 Å². The minimum absolute atomic E-state index is 0.891. The van der Waals surface area contributed by atoms with Gasteiger partial charge in [0, 0.05) is 25.7 Å². The van der Waals surface area contributed by atoms with Crippen LogP contribution in [0.5, 0.6) is 0 Å². The summed E-state index contributed by atoms with van der Waals surface area (Å²) in [5, 5.41) is 3.37. The van der Waals surface area contributed by atoms with E-state index >= 15 is 0 Å². The maximum Gasteiger partial charge on any atom is 0.0223 e. The van der Waals surface area contributed by atoms with E-state index in [9.17, 15) is 0 Å². The van der Waals surface area contributed by atoms with Gasteiger partial charge in [0.25, 0.3) is 0 Å². The molecule has 3 rings (SSSR count). The fraction of sp³-hybridized carbons (Fsp3) is 1.00. The molecule has 3 saturated heterocycles. The Labute approximate surface area is 99.2 Å². The normalized spacial score (nSPS) is 33.4. The highest BCUT2D eigenvalue weighted by Gasteiger charge is 2.29. The Morgan fingerprint density at radius 1 is 1.06 bits per heavy atom. The molecule has 0 aromatic rings. The maximum absolute atomic E-state index is 3.37. The summed E-state index contributed by atoms with van der Waals surface area (Å²) in [6.45, 7) is 9.24. The van der Waals surface area contributed by atoms with Crippen LogP contribution in [-0.4, -0.2) is 61.7 Å². The van der Waals surface area contributed by atoms with E-state index in [-0.39, 0.29) is 0 Å².